The Balaban J connectivity index is 1.89. The Morgan fingerprint density at radius 2 is 1.83 bits per heavy atom. The maximum Gasteiger partial charge on any atom is 0.335 e. The van der Waals surface area contributed by atoms with E-state index in [0.717, 1.165) is 11.1 Å². The van der Waals surface area contributed by atoms with Gasteiger partial charge >= 0.3 is 5.97 Å². The number of aromatic carboxylic acids is 1. The van der Waals surface area contributed by atoms with Crippen molar-refractivity contribution in [1.82, 2.24) is 19.9 Å². The van der Waals surface area contributed by atoms with Crippen molar-refractivity contribution in [2.75, 3.05) is 0 Å². The van der Waals surface area contributed by atoms with Crippen molar-refractivity contribution in [3.05, 3.63) is 58.1 Å². The molecular formula is C17H12N4O3. The first-order valence-corrected chi connectivity index (χ1v) is 7.25. The largest absolute Gasteiger partial charge is 0.478 e. The van der Waals surface area contributed by atoms with Crippen LogP contribution < -0.4 is 5.56 Å². The summed E-state index contributed by atoms with van der Waals surface area (Å²) in [5.74, 6) is 0.125. The standard InChI is InChI=1S/C17H12N4O3/c1-8-18-12-4-2-9(6-11(12)16(22)19-8)15-20-13-5-3-10(17(23)24)7-14(13)21-15/h2-7H,1H3,(H,20,21)(H,23,24)(H,18,19,22). The molecule has 0 amide bonds. The highest BCUT2D eigenvalue weighted by atomic mass is 16.4. The molecule has 3 N–H and O–H groups in total. The number of nitrogens with one attached hydrogen (secondary N) is 2. The molecule has 0 atom stereocenters. The maximum atomic E-state index is 12.0. The highest BCUT2D eigenvalue weighted by Gasteiger charge is 2.10. The van der Waals surface area contributed by atoms with Crippen LogP contribution in [0.1, 0.15) is 16.2 Å². The number of hydrogen-bond acceptors (Lipinski definition) is 4. The smallest absolute Gasteiger partial charge is 0.335 e. The topological polar surface area (TPSA) is 112 Å². The van der Waals surface area contributed by atoms with Crippen molar-refractivity contribution in [3.8, 4) is 11.4 Å². The number of hydrogen-bond donors (Lipinski definition) is 3. The molecule has 0 aliphatic heterocycles. The predicted molar refractivity (Wildman–Crippen MR) is 89.1 cm³/mol. The average molecular weight is 320 g/mol. The van der Waals surface area contributed by atoms with Crippen LogP contribution in [0.5, 0.6) is 0 Å². The highest BCUT2D eigenvalue weighted by molar-refractivity contribution is 5.93. The molecule has 2 aromatic heterocycles. The first kappa shape index (κ1) is 14.1. The van der Waals surface area contributed by atoms with Gasteiger partial charge in [0.05, 0.1) is 27.5 Å². The molecule has 0 saturated carbocycles. The number of carboxylic acids is 1. The van der Waals surface area contributed by atoms with Crippen molar-refractivity contribution >= 4 is 27.9 Å². The molecular weight excluding hydrogens is 308 g/mol. The molecule has 0 saturated heterocycles. The number of aromatic nitrogens is 4. The molecule has 0 bridgehead atoms. The monoisotopic (exact) mass is 320 g/mol. The minimum absolute atomic E-state index is 0.176. The fraction of sp³-hybridized carbons (Fsp3) is 0.0588. The Morgan fingerprint density at radius 3 is 2.62 bits per heavy atom. The van der Waals surface area contributed by atoms with Crippen molar-refractivity contribution < 1.29 is 9.90 Å². The summed E-state index contributed by atoms with van der Waals surface area (Å²) in [7, 11) is 0. The van der Waals surface area contributed by atoms with Crippen LogP contribution in [0, 0.1) is 6.92 Å². The van der Waals surface area contributed by atoms with Gasteiger partial charge in [0.25, 0.3) is 5.56 Å². The molecule has 7 heteroatoms. The van der Waals surface area contributed by atoms with Gasteiger partial charge in [0.2, 0.25) is 0 Å². The van der Waals surface area contributed by atoms with Crippen molar-refractivity contribution in [2.24, 2.45) is 0 Å². The van der Waals surface area contributed by atoms with E-state index in [2.05, 4.69) is 19.9 Å². The summed E-state index contributed by atoms with van der Waals surface area (Å²) < 4.78 is 0. The predicted octanol–water partition coefficient (Wildman–Crippen LogP) is 2.47. The molecule has 0 aliphatic carbocycles. The average Bonchev–Trinajstić information content (AvgIpc) is 2.97. The summed E-state index contributed by atoms with van der Waals surface area (Å²) in [5.41, 5.74) is 2.60. The summed E-state index contributed by atoms with van der Waals surface area (Å²) in [6, 6.07) is 10.1. The number of aryl methyl sites for hydroxylation is 1. The van der Waals surface area contributed by atoms with E-state index in [4.69, 9.17) is 5.11 Å². The quantitative estimate of drug-likeness (QED) is 0.525. The van der Waals surface area contributed by atoms with E-state index in [1.54, 1.807) is 25.1 Å². The second-order valence-corrected chi connectivity index (χ2v) is 5.51. The van der Waals surface area contributed by atoms with Crippen molar-refractivity contribution in [3.63, 3.8) is 0 Å². The summed E-state index contributed by atoms with van der Waals surface area (Å²) in [6.45, 7) is 1.73. The molecule has 2 heterocycles. The van der Waals surface area contributed by atoms with Crippen LogP contribution in [0.2, 0.25) is 0 Å². The molecule has 4 rings (SSSR count). The molecule has 2 aromatic carbocycles. The van der Waals surface area contributed by atoms with Crippen LogP contribution in [0.3, 0.4) is 0 Å². The Hall–Kier alpha value is -3.48. The van der Waals surface area contributed by atoms with Gasteiger partial charge in [-0.05, 0) is 43.3 Å². The molecule has 0 spiro atoms. The lowest BCUT2D eigenvalue weighted by atomic mass is 10.1. The van der Waals surface area contributed by atoms with Crippen LogP contribution in [-0.2, 0) is 0 Å². The molecule has 0 aliphatic rings. The molecule has 118 valence electrons. The zero-order valence-corrected chi connectivity index (χ0v) is 12.6. The van der Waals surface area contributed by atoms with Gasteiger partial charge in [-0.15, -0.1) is 0 Å². The van der Waals surface area contributed by atoms with Crippen molar-refractivity contribution in [1.29, 1.82) is 0 Å². The van der Waals surface area contributed by atoms with Crippen LogP contribution in [0.25, 0.3) is 33.3 Å². The molecule has 24 heavy (non-hydrogen) atoms. The van der Waals surface area contributed by atoms with Gasteiger partial charge in [-0.3, -0.25) is 4.79 Å². The van der Waals surface area contributed by atoms with E-state index in [1.165, 1.54) is 12.1 Å². The van der Waals surface area contributed by atoms with Gasteiger partial charge in [0.1, 0.15) is 11.6 Å². The SMILES string of the molecule is Cc1nc(=O)c2cc(-c3nc4cc(C(=O)O)ccc4[nH]3)ccc2[nH]1. The van der Waals surface area contributed by atoms with E-state index in [9.17, 15) is 9.59 Å². The number of H-pyrrole nitrogens is 2. The minimum atomic E-state index is -1.000. The third kappa shape index (κ3) is 2.23. The van der Waals surface area contributed by atoms with Gasteiger partial charge in [-0.2, -0.15) is 4.98 Å². The van der Waals surface area contributed by atoms with Crippen LogP contribution in [0.4, 0.5) is 0 Å². The normalized spacial score (nSPS) is 11.2. The maximum absolute atomic E-state index is 12.0. The lowest BCUT2D eigenvalue weighted by molar-refractivity contribution is 0.0697. The first-order chi connectivity index (χ1) is 11.5. The number of rotatable bonds is 2. The van der Waals surface area contributed by atoms with Gasteiger partial charge in [-0.1, -0.05) is 0 Å². The Labute approximate surface area is 135 Å². The van der Waals surface area contributed by atoms with Crippen molar-refractivity contribution in [2.45, 2.75) is 6.92 Å². The first-order valence-electron chi connectivity index (χ1n) is 7.25. The van der Waals surface area contributed by atoms with Crippen LogP contribution in [0.15, 0.2) is 41.2 Å². The Kier molecular flexibility index (Phi) is 2.96. The number of carbonyl (C=O) groups is 1. The zero-order valence-electron chi connectivity index (χ0n) is 12.6. The fourth-order valence-electron chi connectivity index (χ4n) is 2.69. The Morgan fingerprint density at radius 1 is 1.04 bits per heavy atom. The van der Waals surface area contributed by atoms with E-state index in [0.29, 0.717) is 28.1 Å². The van der Waals surface area contributed by atoms with E-state index < -0.39 is 5.97 Å². The Bertz CT molecular complexity index is 1170. The third-order valence-electron chi connectivity index (χ3n) is 3.84. The molecule has 0 radical (unpaired) electrons. The van der Waals surface area contributed by atoms with Gasteiger partial charge in [0, 0.05) is 5.56 Å². The molecule has 7 nitrogen and oxygen atoms in total. The number of aromatic amines is 2. The molecule has 0 unspecified atom stereocenters. The van der Waals surface area contributed by atoms with Crippen LogP contribution in [-0.4, -0.2) is 31.0 Å². The van der Waals surface area contributed by atoms with E-state index in [1.807, 2.05) is 6.07 Å². The third-order valence-corrected chi connectivity index (χ3v) is 3.84. The fourth-order valence-corrected chi connectivity index (χ4v) is 2.69. The van der Waals surface area contributed by atoms with E-state index >= 15 is 0 Å². The summed E-state index contributed by atoms with van der Waals surface area (Å²) >= 11 is 0. The second kappa shape index (κ2) is 5.02. The number of fused-ring (bicyclic) bond motifs is 2. The molecule has 4 aromatic rings. The number of nitrogens with zero attached hydrogens (tertiary/aromatic N) is 2. The minimum Gasteiger partial charge on any atom is -0.478 e. The lowest BCUT2D eigenvalue weighted by Gasteiger charge is -2.01. The molecule has 0 fully saturated rings. The number of carboxylic acid groups (broad SMARTS) is 1. The summed E-state index contributed by atoms with van der Waals surface area (Å²) in [4.78, 5) is 37.6. The second-order valence-electron chi connectivity index (χ2n) is 5.51. The highest BCUT2D eigenvalue weighted by Crippen LogP contribution is 2.23. The lowest BCUT2D eigenvalue weighted by Crippen LogP contribution is -2.09. The van der Waals surface area contributed by atoms with Gasteiger partial charge in [-0.25, -0.2) is 9.78 Å². The number of benzene rings is 2. The summed E-state index contributed by atoms with van der Waals surface area (Å²) in [5, 5.41) is 9.53. The zero-order chi connectivity index (χ0) is 16.8. The van der Waals surface area contributed by atoms with E-state index in [-0.39, 0.29) is 11.1 Å². The summed E-state index contributed by atoms with van der Waals surface area (Å²) in [6.07, 6.45) is 0. The van der Waals surface area contributed by atoms with Gasteiger partial charge < -0.3 is 15.1 Å². The van der Waals surface area contributed by atoms with Crippen LogP contribution >= 0.6 is 0 Å². The number of imidazole rings is 1. The van der Waals surface area contributed by atoms with Gasteiger partial charge in [0.15, 0.2) is 0 Å².